The largest absolute Gasteiger partial charge is 0.444 e. The molecule has 0 heterocycles. The quantitative estimate of drug-likeness (QED) is 0.392. The Balaban J connectivity index is 5.20. The average Bonchev–Trinajstić information content (AvgIpc) is 2.40. The van der Waals surface area contributed by atoms with E-state index in [4.69, 9.17) is 18.1 Å². The Morgan fingerprint density at radius 2 is 0.962 bits per heavy atom. The van der Waals surface area contributed by atoms with E-state index in [0.29, 0.717) is 0 Å². The molecule has 0 rings (SSSR count). The van der Waals surface area contributed by atoms with Crippen molar-refractivity contribution in [3.63, 3.8) is 0 Å². The van der Waals surface area contributed by atoms with Crippen LogP contribution in [0.1, 0.15) is 55.4 Å². The molecule has 1 amide bonds. The summed E-state index contributed by atoms with van der Waals surface area (Å²) in [5.41, 5.74) is -1.11. The molecule has 0 aromatic rings. The maximum Gasteiger partial charge on any atom is 0.444 e. The number of nitrogens with one attached hydrogen (secondary N) is 1. The molecule has 0 atom stereocenters. The number of carbonyl (C=O) groups is 2. The molecule has 0 bridgehead atoms. The average molecular weight is 417 g/mol. The maximum atomic E-state index is 12.6. The van der Waals surface area contributed by atoms with Gasteiger partial charge in [-0.15, -0.1) is 0 Å². The van der Waals surface area contributed by atoms with Crippen LogP contribution in [0, 0.1) is 0 Å². The van der Waals surface area contributed by atoms with Crippen molar-refractivity contribution >= 4 is 26.6 Å². The summed E-state index contributed by atoms with van der Waals surface area (Å²) in [4.78, 5) is 28.7. The van der Waals surface area contributed by atoms with Crippen molar-refractivity contribution in [3.05, 3.63) is 0 Å². The molecular weight excluding hydrogens is 388 g/mol. The molecule has 154 valence electrons. The highest BCUT2D eigenvalue weighted by Gasteiger charge is 2.43. The fourth-order valence-electron chi connectivity index (χ4n) is 1.54. The van der Waals surface area contributed by atoms with E-state index in [1.165, 1.54) is 0 Å². The molecule has 0 radical (unpaired) electrons. The zero-order valence-corrected chi connectivity index (χ0v) is 18.2. The van der Waals surface area contributed by atoms with E-state index in [0.717, 1.165) is 0 Å². The number of hydrogen-bond donors (Lipinski definition) is 1. The zero-order chi connectivity index (χ0) is 20.7. The van der Waals surface area contributed by atoms with Crippen LogP contribution < -0.4 is 5.48 Å². The van der Waals surface area contributed by atoms with Crippen LogP contribution in [0.15, 0.2) is 0 Å². The molecule has 0 aliphatic carbocycles. The Hall–Kier alpha value is -0.760. The first-order valence-corrected chi connectivity index (χ1v) is 11.3. The predicted molar refractivity (Wildman–Crippen MR) is 95.1 cm³/mol. The number of hydrogen-bond acceptors (Lipinski definition) is 9. The van der Waals surface area contributed by atoms with Crippen LogP contribution in [0.3, 0.4) is 0 Å². The summed E-state index contributed by atoms with van der Waals surface area (Å²) in [5, 5.41) is 0. The van der Waals surface area contributed by atoms with Gasteiger partial charge in [0.2, 0.25) is 0 Å². The van der Waals surface area contributed by atoms with Gasteiger partial charge in [0.05, 0.1) is 24.4 Å². The van der Waals surface area contributed by atoms with Gasteiger partial charge in [-0.05, 0) is 55.4 Å². The van der Waals surface area contributed by atoms with Crippen molar-refractivity contribution in [3.8, 4) is 0 Å². The Morgan fingerprint density at radius 3 is 1.27 bits per heavy atom. The molecule has 0 aromatic heterocycles. The third kappa shape index (κ3) is 8.75. The van der Waals surface area contributed by atoms with Crippen LogP contribution >= 0.6 is 15.2 Å². The minimum Gasteiger partial charge on any atom is -0.328 e. The van der Waals surface area contributed by atoms with Gasteiger partial charge in [-0.2, -0.15) is 5.48 Å². The summed E-state index contributed by atoms with van der Waals surface area (Å²) in [6.07, 6.45) is -2.41. The van der Waals surface area contributed by atoms with Crippen molar-refractivity contribution in [1.29, 1.82) is 0 Å². The number of carbonyl (C=O) groups excluding carboxylic acids is 2. The van der Waals surface area contributed by atoms with Crippen LogP contribution in [0.25, 0.3) is 0 Å². The Labute approximate surface area is 154 Å². The lowest BCUT2D eigenvalue weighted by Gasteiger charge is -2.23. The highest BCUT2D eigenvalue weighted by Crippen LogP contribution is 2.53. The third-order valence-electron chi connectivity index (χ3n) is 2.10. The first kappa shape index (κ1) is 25.2. The summed E-state index contributed by atoms with van der Waals surface area (Å²) in [5.74, 6) is 0. The highest BCUT2D eigenvalue weighted by atomic mass is 31.2. The second-order valence-electron chi connectivity index (χ2n) is 6.39. The van der Waals surface area contributed by atoms with Crippen molar-refractivity contribution in [2.24, 2.45) is 0 Å². The summed E-state index contributed by atoms with van der Waals surface area (Å²) in [6, 6.07) is 0. The topological polar surface area (TPSA) is 126 Å². The fourth-order valence-corrected chi connectivity index (χ4v) is 4.54. The smallest absolute Gasteiger partial charge is 0.328 e. The molecule has 0 fully saturated rings. The van der Waals surface area contributed by atoms with Gasteiger partial charge in [0.15, 0.2) is 0 Å². The van der Waals surface area contributed by atoms with E-state index in [9.17, 15) is 18.7 Å². The maximum absolute atomic E-state index is 12.6. The summed E-state index contributed by atoms with van der Waals surface area (Å²) in [7, 11) is -8.62. The molecule has 0 aromatic carbocycles. The van der Waals surface area contributed by atoms with Crippen LogP contribution in [0.4, 0.5) is 9.59 Å². The van der Waals surface area contributed by atoms with Crippen molar-refractivity contribution in [2.75, 3.05) is 0 Å². The summed E-state index contributed by atoms with van der Waals surface area (Å²) in [6.45, 7) is 12.4. The van der Waals surface area contributed by atoms with Crippen LogP contribution in [0.2, 0.25) is 0 Å². The van der Waals surface area contributed by atoms with Crippen molar-refractivity contribution in [2.45, 2.75) is 79.8 Å². The monoisotopic (exact) mass is 417 g/mol. The lowest BCUT2D eigenvalue weighted by atomic mass is 10.5. The Morgan fingerprint density at radius 1 is 0.654 bits per heavy atom. The van der Waals surface area contributed by atoms with Gasteiger partial charge < -0.3 is 4.84 Å². The van der Waals surface area contributed by atoms with E-state index < -0.39 is 51.0 Å². The molecule has 0 aliphatic rings. The van der Waals surface area contributed by atoms with E-state index in [2.05, 4.69) is 4.84 Å². The zero-order valence-electron chi connectivity index (χ0n) is 16.4. The molecule has 0 aliphatic heterocycles. The molecule has 26 heavy (non-hydrogen) atoms. The van der Waals surface area contributed by atoms with Crippen molar-refractivity contribution < 1.29 is 41.7 Å². The van der Waals surface area contributed by atoms with Gasteiger partial charge in [0, 0.05) is 0 Å². The summed E-state index contributed by atoms with van der Waals surface area (Å²) < 4.78 is 45.3. The third-order valence-corrected chi connectivity index (χ3v) is 6.02. The first-order chi connectivity index (χ1) is 11.7. The summed E-state index contributed by atoms with van der Waals surface area (Å²) >= 11 is 0. The second kappa shape index (κ2) is 10.5. The van der Waals surface area contributed by atoms with Gasteiger partial charge >= 0.3 is 26.6 Å². The van der Waals surface area contributed by atoms with Gasteiger partial charge in [0.25, 0.3) is 0 Å². The molecular formula is C14H29NO9P2. The minimum absolute atomic E-state index is 0.597. The number of rotatable bonds is 10. The number of hydroxylamine groups is 1. The normalized spacial score (nSPS) is 12.9. The predicted octanol–water partition coefficient (Wildman–Crippen LogP) is 4.83. The fraction of sp³-hybridized carbons (Fsp3) is 0.857. The number of amides is 1. The SMILES string of the molecule is CC(C)OP(=O)(OC(C)C)C(=O)NOC(=O)P(=O)(OC(C)C)OC(C)C. The molecule has 0 saturated heterocycles. The van der Waals surface area contributed by atoms with Crippen LogP contribution in [0.5, 0.6) is 0 Å². The van der Waals surface area contributed by atoms with Gasteiger partial charge in [0.1, 0.15) is 0 Å². The molecule has 1 N–H and O–H groups in total. The van der Waals surface area contributed by atoms with E-state index in [-0.39, 0.29) is 0 Å². The lowest BCUT2D eigenvalue weighted by molar-refractivity contribution is 0.0939. The highest BCUT2D eigenvalue weighted by molar-refractivity contribution is 7.72. The standard InChI is InChI=1S/C14H29NO9P2/c1-9(2)21-25(18,22-10(3)4)13(16)15-20-14(17)26(19,23-11(5)6)24-12(7)8/h9-12H,1-8H3,(H,15,16). The Kier molecular flexibility index (Phi) is 10.2. The van der Waals surface area contributed by atoms with Crippen LogP contribution in [-0.4, -0.2) is 35.8 Å². The van der Waals surface area contributed by atoms with Crippen LogP contribution in [-0.2, 0) is 32.1 Å². The lowest BCUT2D eigenvalue weighted by Crippen LogP contribution is -2.29. The molecule has 0 unspecified atom stereocenters. The molecule has 12 heteroatoms. The van der Waals surface area contributed by atoms with Gasteiger partial charge in [-0.1, -0.05) is 0 Å². The van der Waals surface area contributed by atoms with E-state index >= 15 is 0 Å². The minimum atomic E-state index is -4.33. The van der Waals surface area contributed by atoms with Gasteiger partial charge in [-0.3, -0.25) is 22.9 Å². The van der Waals surface area contributed by atoms with E-state index in [1.54, 1.807) is 60.9 Å². The van der Waals surface area contributed by atoms with Gasteiger partial charge in [-0.25, -0.2) is 13.9 Å². The second-order valence-corrected chi connectivity index (χ2v) is 9.99. The Bertz CT molecular complexity index is 497. The first-order valence-electron chi connectivity index (χ1n) is 8.17. The molecule has 0 saturated carbocycles. The van der Waals surface area contributed by atoms with E-state index in [1.807, 2.05) is 0 Å². The molecule has 10 nitrogen and oxygen atoms in total. The van der Waals surface area contributed by atoms with Crippen molar-refractivity contribution in [1.82, 2.24) is 5.48 Å². The molecule has 0 spiro atoms.